The van der Waals surface area contributed by atoms with Gasteiger partial charge >= 0.3 is 6.18 Å². The summed E-state index contributed by atoms with van der Waals surface area (Å²) in [4.78, 5) is 26.0. The number of hydrogen-bond donors (Lipinski definition) is 1. The molecule has 1 aliphatic heterocycles. The molecule has 4 nitrogen and oxygen atoms in total. The molecule has 1 fully saturated rings. The number of benzene rings is 2. The van der Waals surface area contributed by atoms with Crippen molar-refractivity contribution < 1.29 is 22.8 Å². The van der Waals surface area contributed by atoms with Crippen LogP contribution in [0.4, 0.5) is 29.3 Å². The van der Waals surface area contributed by atoms with Gasteiger partial charge in [0.2, 0.25) is 0 Å². The predicted molar refractivity (Wildman–Crippen MR) is 100 cm³/mol. The molecule has 1 N–H and O–H groups in total. The Morgan fingerprint density at radius 3 is 2.41 bits per heavy atom. The fourth-order valence-corrected chi connectivity index (χ4v) is 3.71. The Morgan fingerprint density at radius 1 is 1.07 bits per heavy atom. The van der Waals surface area contributed by atoms with Gasteiger partial charge in [0, 0.05) is 5.69 Å². The lowest BCUT2D eigenvalue weighted by molar-refractivity contribution is -0.137. The number of thioether (sulfide) groups is 1. The summed E-state index contributed by atoms with van der Waals surface area (Å²) in [7, 11) is 0. The highest BCUT2D eigenvalue weighted by atomic mass is 35.5. The van der Waals surface area contributed by atoms with E-state index >= 15 is 0 Å². The van der Waals surface area contributed by atoms with Crippen molar-refractivity contribution in [2.24, 2.45) is 0 Å². The Balaban J connectivity index is 1.84. The maximum Gasteiger partial charge on any atom is 0.417 e. The molecule has 9 heteroatoms. The highest BCUT2D eigenvalue weighted by Gasteiger charge is 2.41. The SMILES string of the molecule is Cc1ccc(N2C(=O)SC(Nc3ccc(Cl)c(C(F)(F)F)c3)C2=O)cc1C. The minimum Gasteiger partial charge on any atom is -0.365 e. The zero-order chi connectivity index (χ0) is 19.9. The predicted octanol–water partition coefficient (Wildman–Crippen LogP) is 5.61. The van der Waals surface area contributed by atoms with Crippen LogP contribution in [0.3, 0.4) is 0 Å². The van der Waals surface area contributed by atoms with Crippen molar-refractivity contribution in [1.82, 2.24) is 0 Å². The van der Waals surface area contributed by atoms with Gasteiger partial charge in [-0.15, -0.1) is 0 Å². The van der Waals surface area contributed by atoms with Gasteiger partial charge in [0.15, 0.2) is 5.37 Å². The molecular formula is C18H14ClF3N2O2S. The topological polar surface area (TPSA) is 49.4 Å². The van der Waals surface area contributed by atoms with Gasteiger partial charge in [-0.2, -0.15) is 13.2 Å². The molecule has 0 saturated carbocycles. The summed E-state index contributed by atoms with van der Waals surface area (Å²) in [6.07, 6.45) is -4.62. The van der Waals surface area contributed by atoms with E-state index in [1.54, 1.807) is 18.2 Å². The summed E-state index contributed by atoms with van der Waals surface area (Å²) in [5.74, 6) is -0.545. The average Bonchev–Trinajstić information content (AvgIpc) is 2.85. The zero-order valence-electron chi connectivity index (χ0n) is 14.2. The standard InChI is InChI=1S/C18H14ClF3N2O2S/c1-9-3-5-12(7-10(9)2)24-16(25)15(27-17(24)26)23-11-4-6-14(19)13(8-11)18(20,21)22/h3-8,15,23H,1-2H3. The Labute approximate surface area is 162 Å². The second-order valence-corrected chi connectivity index (χ2v) is 7.51. The second-order valence-electron chi connectivity index (χ2n) is 6.04. The van der Waals surface area contributed by atoms with Gasteiger partial charge in [0.05, 0.1) is 16.3 Å². The first-order chi connectivity index (χ1) is 12.6. The first-order valence-corrected chi connectivity index (χ1v) is 9.09. The molecular weight excluding hydrogens is 401 g/mol. The van der Waals surface area contributed by atoms with Gasteiger partial charge in [0.25, 0.3) is 11.1 Å². The Kier molecular flexibility index (Phi) is 5.14. The van der Waals surface area contributed by atoms with Crippen molar-refractivity contribution in [3.63, 3.8) is 0 Å². The highest BCUT2D eigenvalue weighted by molar-refractivity contribution is 8.16. The molecule has 142 valence electrons. The molecule has 2 aromatic rings. The normalized spacial score (nSPS) is 17.6. The Bertz CT molecular complexity index is 933. The third kappa shape index (κ3) is 3.91. The number of aryl methyl sites for hydroxylation is 2. The van der Waals surface area contributed by atoms with E-state index in [0.717, 1.165) is 28.2 Å². The van der Waals surface area contributed by atoms with Crippen molar-refractivity contribution in [1.29, 1.82) is 0 Å². The third-order valence-electron chi connectivity index (χ3n) is 4.16. The number of amides is 2. The van der Waals surface area contributed by atoms with Crippen LogP contribution in [0.15, 0.2) is 36.4 Å². The molecule has 2 amide bonds. The summed E-state index contributed by atoms with van der Waals surface area (Å²) < 4.78 is 39.0. The lowest BCUT2D eigenvalue weighted by Crippen LogP contribution is -2.34. The number of imide groups is 1. The summed E-state index contributed by atoms with van der Waals surface area (Å²) >= 11 is 6.31. The number of anilines is 2. The van der Waals surface area contributed by atoms with Crippen LogP contribution in [-0.2, 0) is 11.0 Å². The quantitative estimate of drug-likeness (QED) is 0.708. The van der Waals surface area contributed by atoms with Crippen LogP contribution >= 0.6 is 23.4 Å². The average molecular weight is 415 g/mol. The summed E-state index contributed by atoms with van der Waals surface area (Å²) in [6, 6.07) is 8.42. The lowest BCUT2D eigenvalue weighted by Gasteiger charge is -2.17. The summed E-state index contributed by atoms with van der Waals surface area (Å²) in [6.45, 7) is 3.77. The van der Waals surface area contributed by atoms with E-state index in [2.05, 4.69) is 5.32 Å². The monoisotopic (exact) mass is 414 g/mol. The highest BCUT2D eigenvalue weighted by Crippen LogP contribution is 2.38. The molecule has 2 aromatic carbocycles. The fraction of sp³-hybridized carbons (Fsp3) is 0.222. The summed E-state index contributed by atoms with van der Waals surface area (Å²) in [5.41, 5.74) is 1.40. The van der Waals surface area contributed by atoms with Crippen molar-refractivity contribution >= 4 is 45.9 Å². The van der Waals surface area contributed by atoms with E-state index in [-0.39, 0.29) is 5.69 Å². The molecule has 0 spiro atoms. The van der Waals surface area contributed by atoms with E-state index in [1.807, 2.05) is 13.8 Å². The number of rotatable bonds is 3. The molecule has 1 atom stereocenters. The number of alkyl halides is 3. The van der Waals surface area contributed by atoms with E-state index in [1.165, 1.54) is 6.07 Å². The number of nitrogens with zero attached hydrogens (tertiary/aromatic N) is 1. The molecule has 27 heavy (non-hydrogen) atoms. The zero-order valence-corrected chi connectivity index (χ0v) is 15.8. The van der Waals surface area contributed by atoms with Gasteiger partial charge in [-0.25, -0.2) is 4.90 Å². The van der Waals surface area contributed by atoms with Crippen molar-refractivity contribution in [3.8, 4) is 0 Å². The molecule has 0 bridgehead atoms. The molecule has 0 aliphatic carbocycles. The van der Waals surface area contributed by atoms with Crippen LogP contribution < -0.4 is 10.2 Å². The maximum absolute atomic E-state index is 13.0. The number of hydrogen-bond acceptors (Lipinski definition) is 4. The van der Waals surface area contributed by atoms with Crippen LogP contribution in [0.1, 0.15) is 16.7 Å². The van der Waals surface area contributed by atoms with Crippen molar-refractivity contribution in [3.05, 3.63) is 58.1 Å². The van der Waals surface area contributed by atoms with Gasteiger partial charge < -0.3 is 5.32 Å². The fourth-order valence-electron chi connectivity index (χ4n) is 2.58. The van der Waals surface area contributed by atoms with Crippen LogP contribution in [0, 0.1) is 13.8 Å². The van der Waals surface area contributed by atoms with Crippen molar-refractivity contribution in [2.75, 3.05) is 10.2 Å². The van der Waals surface area contributed by atoms with Gasteiger partial charge in [-0.05, 0) is 67.1 Å². The van der Waals surface area contributed by atoms with E-state index < -0.39 is 33.3 Å². The molecule has 1 unspecified atom stereocenters. The van der Waals surface area contributed by atoms with Crippen LogP contribution in [0.25, 0.3) is 0 Å². The van der Waals surface area contributed by atoms with Gasteiger partial charge in [-0.3, -0.25) is 9.59 Å². The lowest BCUT2D eigenvalue weighted by atomic mass is 10.1. The minimum absolute atomic E-state index is 0.0484. The number of carbonyl (C=O) groups excluding carboxylic acids is 2. The molecule has 1 aliphatic rings. The van der Waals surface area contributed by atoms with Crippen LogP contribution in [0.5, 0.6) is 0 Å². The number of halogens is 4. The molecule has 1 saturated heterocycles. The van der Waals surface area contributed by atoms with Crippen LogP contribution in [-0.4, -0.2) is 16.5 Å². The van der Waals surface area contributed by atoms with E-state index in [9.17, 15) is 22.8 Å². The van der Waals surface area contributed by atoms with Gasteiger partial charge in [0.1, 0.15) is 0 Å². The van der Waals surface area contributed by atoms with E-state index in [4.69, 9.17) is 11.6 Å². The summed E-state index contributed by atoms with van der Waals surface area (Å²) in [5, 5.41) is 0.719. The number of nitrogens with one attached hydrogen (secondary N) is 1. The second kappa shape index (κ2) is 7.09. The first kappa shape index (κ1) is 19.6. The first-order valence-electron chi connectivity index (χ1n) is 7.83. The minimum atomic E-state index is -4.62. The largest absolute Gasteiger partial charge is 0.417 e. The molecule has 0 radical (unpaired) electrons. The van der Waals surface area contributed by atoms with Crippen LogP contribution in [0.2, 0.25) is 5.02 Å². The third-order valence-corrected chi connectivity index (χ3v) is 5.43. The Hall–Kier alpha value is -2.19. The molecule has 1 heterocycles. The molecule has 0 aromatic heterocycles. The van der Waals surface area contributed by atoms with Crippen molar-refractivity contribution in [2.45, 2.75) is 25.4 Å². The van der Waals surface area contributed by atoms with E-state index in [0.29, 0.717) is 17.4 Å². The molecule has 3 rings (SSSR count). The van der Waals surface area contributed by atoms with Gasteiger partial charge in [-0.1, -0.05) is 17.7 Å². The number of carbonyl (C=O) groups is 2. The smallest absolute Gasteiger partial charge is 0.365 e. The maximum atomic E-state index is 13.0. The Morgan fingerprint density at radius 2 is 1.78 bits per heavy atom.